The van der Waals surface area contributed by atoms with E-state index >= 15 is 0 Å². The van der Waals surface area contributed by atoms with Gasteiger partial charge in [-0.25, -0.2) is 0 Å². The van der Waals surface area contributed by atoms with E-state index < -0.39 is 12.0 Å². The summed E-state index contributed by atoms with van der Waals surface area (Å²) in [6.07, 6.45) is 0. The minimum absolute atomic E-state index is 0. The molecule has 0 bridgehead atoms. The van der Waals surface area contributed by atoms with Crippen molar-refractivity contribution >= 4 is 61.1 Å². The van der Waals surface area contributed by atoms with Crippen molar-refractivity contribution in [1.82, 2.24) is 4.33 Å². The van der Waals surface area contributed by atoms with E-state index in [2.05, 4.69) is 17.0 Å². The summed E-state index contributed by atoms with van der Waals surface area (Å²) in [5.74, 6) is 1.45. The SMILES string of the molecule is C[Se]NC(CS)C(=O)O.[PbH2]. The van der Waals surface area contributed by atoms with Crippen LogP contribution in [0.2, 0.25) is 5.82 Å². The van der Waals surface area contributed by atoms with Crippen molar-refractivity contribution in [2.45, 2.75) is 11.9 Å². The number of rotatable bonds is 4. The second-order valence-electron chi connectivity index (χ2n) is 1.40. The molecule has 3 nitrogen and oxygen atoms in total. The summed E-state index contributed by atoms with van der Waals surface area (Å²) in [7, 11) is 0. The third-order valence-corrected chi connectivity index (χ3v) is 2.20. The fraction of sp³-hybridized carbons (Fsp3) is 0.750. The Hall–Kier alpha value is 1.22. The van der Waals surface area contributed by atoms with E-state index in [1.807, 2.05) is 5.82 Å². The molecule has 10 heavy (non-hydrogen) atoms. The Bertz CT molecular complexity index is 105. The molecule has 0 aliphatic carbocycles. The molecule has 1 atom stereocenters. The second-order valence-corrected chi connectivity index (χ2v) is 3.11. The molecule has 0 saturated carbocycles. The third-order valence-electron chi connectivity index (χ3n) is 0.741. The Morgan fingerprint density at radius 1 is 1.90 bits per heavy atom. The van der Waals surface area contributed by atoms with Gasteiger partial charge in [-0.15, -0.1) is 0 Å². The van der Waals surface area contributed by atoms with Gasteiger partial charge in [0.15, 0.2) is 0 Å². The van der Waals surface area contributed by atoms with Crippen LogP contribution in [-0.2, 0) is 4.79 Å². The topological polar surface area (TPSA) is 49.3 Å². The van der Waals surface area contributed by atoms with Crippen LogP contribution in [0.5, 0.6) is 0 Å². The molecule has 0 aromatic heterocycles. The minimum atomic E-state index is -0.825. The molecule has 0 saturated heterocycles. The molecule has 0 aliphatic heterocycles. The molecule has 0 rings (SSSR count). The molecule has 0 spiro atoms. The van der Waals surface area contributed by atoms with Crippen molar-refractivity contribution in [3.8, 4) is 0 Å². The number of aliphatic carboxylic acids is 1. The number of hydrogen-bond acceptors (Lipinski definition) is 3. The van der Waals surface area contributed by atoms with E-state index in [9.17, 15) is 4.79 Å². The first-order chi connectivity index (χ1) is 4.22. The van der Waals surface area contributed by atoms with E-state index in [4.69, 9.17) is 5.11 Å². The summed E-state index contributed by atoms with van der Waals surface area (Å²) in [5.41, 5.74) is 0. The van der Waals surface area contributed by atoms with Gasteiger partial charge in [0.05, 0.1) is 0 Å². The zero-order chi connectivity index (χ0) is 7.28. The number of carboxylic acids is 1. The van der Waals surface area contributed by atoms with Crippen LogP contribution >= 0.6 is 12.6 Å². The average molecular weight is 423 g/mol. The fourth-order valence-electron chi connectivity index (χ4n) is 0.308. The van der Waals surface area contributed by atoms with Crippen LogP contribution in [0.25, 0.3) is 0 Å². The van der Waals surface area contributed by atoms with Crippen LogP contribution in [0.3, 0.4) is 0 Å². The summed E-state index contributed by atoms with van der Waals surface area (Å²) in [6.45, 7) is 0. The Labute approximate surface area is 92.3 Å². The Morgan fingerprint density at radius 3 is 2.50 bits per heavy atom. The fourth-order valence-corrected chi connectivity index (χ4v) is 1.82. The number of carbonyl (C=O) groups is 1. The molecular formula is C4H11NO2PbSSe. The standard InChI is InChI=1S/C4H9NO2SSe.Pb.2H/c1-9-5-3(2-8)4(6)7;;;/h3,5,8H,2H2,1H3,(H,6,7);;;. The van der Waals surface area contributed by atoms with Crippen LogP contribution in [0.1, 0.15) is 0 Å². The van der Waals surface area contributed by atoms with Crippen molar-refractivity contribution < 1.29 is 9.90 Å². The van der Waals surface area contributed by atoms with E-state index in [1.54, 1.807) is 0 Å². The Morgan fingerprint density at radius 2 is 2.40 bits per heavy atom. The molecule has 0 amide bonds. The number of nitrogens with one attached hydrogen (secondary N) is 1. The monoisotopic (exact) mass is 425 g/mol. The second kappa shape index (κ2) is 8.32. The normalized spacial score (nSPS) is 11.8. The Kier molecular flexibility index (Phi) is 11.5. The van der Waals surface area contributed by atoms with E-state index in [0.717, 1.165) is 0 Å². The van der Waals surface area contributed by atoms with Crippen LogP contribution in [0, 0.1) is 0 Å². The first kappa shape index (κ1) is 13.8. The molecule has 6 heteroatoms. The van der Waals surface area contributed by atoms with Crippen LogP contribution in [0.4, 0.5) is 0 Å². The van der Waals surface area contributed by atoms with Crippen molar-refractivity contribution in [2.24, 2.45) is 0 Å². The first-order valence-corrected chi connectivity index (χ1v) is 5.54. The van der Waals surface area contributed by atoms with Crippen molar-refractivity contribution in [2.75, 3.05) is 5.75 Å². The molecule has 0 aliphatic rings. The number of hydrogen-bond donors (Lipinski definition) is 3. The van der Waals surface area contributed by atoms with Gasteiger partial charge in [-0.1, -0.05) is 0 Å². The average Bonchev–Trinajstić information content (AvgIpc) is 1.82. The summed E-state index contributed by atoms with van der Waals surface area (Å²) in [4.78, 5) is 10.2. The molecule has 0 heterocycles. The first-order valence-electron chi connectivity index (χ1n) is 2.34. The zero-order valence-corrected chi connectivity index (χ0v) is 13.8. The van der Waals surface area contributed by atoms with Gasteiger partial charge in [0.2, 0.25) is 0 Å². The molecule has 2 radical (unpaired) electrons. The molecule has 0 aromatic rings. The van der Waals surface area contributed by atoms with Gasteiger partial charge in [0.25, 0.3) is 0 Å². The van der Waals surface area contributed by atoms with Gasteiger partial charge in [0.1, 0.15) is 0 Å². The summed E-state index contributed by atoms with van der Waals surface area (Å²) in [5, 5.41) is 8.40. The summed E-state index contributed by atoms with van der Waals surface area (Å²) in [6, 6.07) is -0.474. The van der Waals surface area contributed by atoms with Gasteiger partial charge in [0, 0.05) is 0 Å². The Balaban J connectivity index is 0. The van der Waals surface area contributed by atoms with Crippen LogP contribution in [0.15, 0.2) is 0 Å². The van der Waals surface area contributed by atoms with Crippen molar-refractivity contribution in [1.29, 1.82) is 0 Å². The predicted octanol–water partition coefficient (Wildman–Crippen LogP) is -1.29. The number of thiol groups is 1. The summed E-state index contributed by atoms with van der Waals surface area (Å²) < 4.78 is 2.82. The maximum absolute atomic E-state index is 10.2. The molecule has 0 fully saturated rings. The van der Waals surface area contributed by atoms with E-state index in [1.165, 1.54) is 0 Å². The van der Waals surface area contributed by atoms with Crippen LogP contribution in [-0.4, -0.2) is 65.3 Å². The summed E-state index contributed by atoms with van der Waals surface area (Å²) >= 11 is 4.06. The van der Waals surface area contributed by atoms with E-state index in [0.29, 0.717) is 5.75 Å². The molecule has 0 aromatic carbocycles. The van der Waals surface area contributed by atoms with Gasteiger partial charge in [-0.3, -0.25) is 0 Å². The number of carboxylic acid groups (broad SMARTS) is 1. The predicted molar refractivity (Wildman–Crippen MR) is 48.6 cm³/mol. The van der Waals surface area contributed by atoms with Crippen molar-refractivity contribution in [3.05, 3.63) is 0 Å². The van der Waals surface area contributed by atoms with Gasteiger partial charge < -0.3 is 0 Å². The molecule has 1 unspecified atom stereocenters. The maximum atomic E-state index is 10.2. The third kappa shape index (κ3) is 5.97. The van der Waals surface area contributed by atoms with Crippen LogP contribution < -0.4 is 4.33 Å². The van der Waals surface area contributed by atoms with Gasteiger partial charge in [-0.05, 0) is 0 Å². The van der Waals surface area contributed by atoms with Crippen molar-refractivity contribution in [3.63, 3.8) is 0 Å². The quantitative estimate of drug-likeness (QED) is 0.390. The molecular weight excluding hydrogens is 412 g/mol. The zero-order valence-electron chi connectivity index (χ0n) is 5.70. The van der Waals surface area contributed by atoms with Gasteiger partial charge >= 0.3 is 92.9 Å². The molecule has 60 valence electrons. The van der Waals surface area contributed by atoms with E-state index in [-0.39, 0.29) is 42.5 Å². The molecule has 2 N–H and O–H groups in total. The van der Waals surface area contributed by atoms with Gasteiger partial charge in [-0.2, -0.15) is 0 Å².